The summed E-state index contributed by atoms with van der Waals surface area (Å²) in [6.45, 7) is 6.27. The molecule has 1 aromatic carbocycles. The SMILES string of the molecule is C[C@]1(N2CCN(c3cc4cc(NC(=O)[C@@H]5C[C@H]5c5ccco5)ncc4cc3Cl)CC2)COC[C@H]1O. The molecule has 2 saturated heterocycles. The number of aliphatic hydroxyl groups is 1. The summed E-state index contributed by atoms with van der Waals surface area (Å²) in [5.41, 5.74) is 0.631. The number of nitrogens with one attached hydrogen (secondary N) is 1. The first kappa shape index (κ1) is 22.8. The predicted molar refractivity (Wildman–Crippen MR) is 134 cm³/mol. The van der Waals surface area contributed by atoms with Gasteiger partial charge in [-0.25, -0.2) is 4.98 Å². The van der Waals surface area contributed by atoms with Crippen LogP contribution in [-0.4, -0.2) is 71.9 Å². The average molecular weight is 497 g/mol. The van der Waals surface area contributed by atoms with Gasteiger partial charge in [-0.15, -0.1) is 0 Å². The largest absolute Gasteiger partial charge is 0.469 e. The van der Waals surface area contributed by atoms with Crippen molar-refractivity contribution in [1.29, 1.82) is 0 Å². The average Bonchev–Trinajstić information content (AvgIpc) is 3.32. The summed E-state index contributed by atoms with van der Waals surface area (Å²) in [5.74, 6) is 1.43. The second-order valence-electron chi connectivity index (χ2n) is 10.0. The summed E-state index contributed by atoms with van der Waals surface area (Å²) in [7, 11) is 0. The molecule has 1 amide bonds. The zero-order chi connectivity index (χ0) is 24.2. The molecule has 9 heteroatoms. The van der Waals surface area contributed by atoms with Crippen molar-refractivity contribution in [1.82, 2.24) is 9.88 Å². The Balaban J connectivity index is 1.15. The molecule has 8 nitrogen and oxygen atoms in total. The maximum atomic E-state index is 12.7. The molecule has 0 spiro atoms. The quantitative estimate of drug-likeness (QED) is 0.558. The van der Waals surface area contributed by atoms with Crippen molar-refractivity contribution >= 4 is 39.8 Å². The van der Waals surface area contributed by atoms with Gasteiger partial charge in [-0.2, -0.15) is 0 Å². The van der Waals surface area contributed by atoms with Crippen LogP contribution in [0.4, 0.5) is 11.5 Å². The van der Waals surface area contributed by atoms with Crippen LogP contribution in [-0.2, 0) is 9.53 Å². The first-order chi connectivity index (χ1) is 16.9. The first-order valence-electron chi connectivity index (χ1n) is 12.1. The molecule has 2 aromatic heterocycles. The number of nitrogens with zero attached hydrogens (tertiary/aromatic N) is 3. The van der Waals surface area contributed by atoms with Crippen molar-refractivity contribution in [2.45, 2.75) is 30.9 Å². The minimum Gasteiger partial charge on any atom is -0.469 e. The predicted octanol–water partition coefficient (Wildman–Crippen LogP) is 3.50. The molecule has 6 rings (SSSR count). The van der Waals surface area contributed by atoms with Gasteiger partial charge in [0.15, 0.2) is 0 Å². The van der Waals surface area contributed by atoms with Crippen LogP contribution in [0.5, 0.6) is 0 Å². The molecule has 1 saturated carbocycles. The van der Waals surface area contributed by atoms with Crippen LogP contribution in [0.3, 0.4) is 0 Å². The van der Waals surface area contributed by atoms with Gasteiger partial charge in [0.25, 0.3) is 0 Å². The number of hydrogen-bond acceptors (Lipinski definition) is 7. The van der Waals surface area contributed by atoms with Gasteiger partial charge >= 0.3 is 0 Å². The van der Waals surface area contributed by atoms with Crippen LogP contribution in [0.15, 0.2) is 47.2 Å². The monoisotopic (exact) mass is 496 g/mol. The van der Waals surface area contributed by atoms with Crippen LogP contribution < -0.4 is 10.2 Å². The Hall–Kier alpha value is -2.65. The summed E-state index contributed by atoms with van der Waals surface area (Å²) in [6, 6.07) is 9.68. The number of pyridine rings is 1. The fourth-order valence-electron chi connectivity index (χ4n) is 5.40. The number of aromatic nitrogens is 1. The third-order valence-electron chi connectivity index (χ3n) is 7.81. The van der Waals surface area contributed by atoms with Gasteiger partial charge in [-0.05, 0) is 49.1 Å². The molecule has 0 radical (unpaired) electrons. The number of furan rings is 1. The number of piperazine rings is 1. The number of fused-ring (bicyclic) bond motifs is 1. The number of aliphatic hydroxyl groups excluding tert-OH is 1. The second-order valence-corrected chi connectivity index (χ2v) is 10.4. The maximum Gasteiger partial charge on any atom is 0.229 e. The molecule has 3 aliphatic rings. The molecule has 3 aromatic rings. The zero-order valence-electron chi connectivity index (χ0n) is 19.6. The molecular formula is C26H29ClN4O4. The highest BCUT2D eigenvalue weighted by molar-refractivity contribution is 6.34. The van der Waals surface area contributed by atoms with Gasteiger partial charge < -0.3 is 24.5 Å². The van der Waals surface area contributed by atoms with Crippen LogP contribution >= 0.6 is 11.6 Å². The van der Waals surface area contributed by atoms with E-state index in [9.17, 15) is 9.90 Å². The normalized spacial score (nSPS) is 29.0. The first-order valence-corrected chi connectivity index (χ1v) is 12.5. The lowest BCUT2D eigenvalue weighted by molar-refractivity contribution is -0.117. The highest BCUT2D eigenvalue weighted by Crippen LogP contribution is 2.48. The number of rotatable bonds is 5. The minimum absolute atomic E-state index is 0.0323. The third kappa shape index (κ3) is 4.18. The van der Waals surface area contributed by atoms with Crippen LogP contribution in [0.25, 0.3) is 10.8 Å². The van der Waals surface area contributed by atoms with Gasteiger partial charge in [0, 0.05) is 49.6 Å². The lowest BCUT2D eigenvalue weighted by atomic mass is 9.95. The second kappa shape index (κ2) is 8.78. The fourth-order valence-corrected chi connectivity index (χ4v) is 5.69. The van der Waals surface area contributed by atoms with Crippen molar-refractivity contribution in [2.24, 2.45) is 5.92 Å². The van der Waals surface area contributed by atoms with Gasteiger partial charge in [0.1, 0.15) is 11.6 Å². The molecule has 2 aliphatic heterocycles. The van der Waals surface area contributed by atoms with E-state index in [1.54, 1.807) is 12.5 Å². The fraction of sp³-hybridized carbons (Fsp3) is 0.462. The molecule has 4 atom stereocenters. The summed E-state index contributed by atoms with van der Waals surface area (Å²) in [6.07, 6.45) is 3.71. The van der Waals surface area contributed by atoms with E-state index in [0.717, 1.165) is 54.8 Å². The molecule has 3 fully saturated rings. The Labute approximate surface area is 208 Å². The van der Waals surface area contributed by atoms with E-state index in [2.05, 4.69) is 33.1 Å². The lowest BCUT2D eigenvalue weighted by Crippen LogP contribution is -2.60. The van der Waals surface area contributed by atoms with E-state index in [-0.39, 0.29) is 23.3 Å². The molecule has 1 aliphatic carbocycles. The highest BCUT2D eigenvalue weighted by atomic mass is 35.5. The number of anilines is 2. The maximum absolute atomic E-state index is 12.7. The van der Waals surface area contributed by atoms with E-state index in [4.69, 9.17) is 20.8 Å². The number of amides is 1. The number of halogens is 1. The van der Waals surface area contributed by atoms with Crippen molar-refractivity contribution < 1.29 is 19.1 Å². The van der Waals surface area contributed by atoms with E-state index >= 15 is 0 Å². The number of carbonyl (C=O) groups excluding carboxylic acids is 1. The van der Waals surface area contributed by atoms with Crippen LogP contribution in [0.1, 0.15) is 25.0 Å². The summed E-state index contributed by atoms with van der Waals surface area (Å²) in [4.78, 5) is 21.7. The number of carbonyl (C=O) groups is 1. The zero-order valence-corrected chi connectivity index (χ0v) is 20.4. The Morgan fingerprint density at radius 2 is 2.06 bits per heavy atom. The summed E-state index contributed by atoms with van der Waals surface area (Å²) in [5, 5.41) is 15.9. The van der Waals surface area contributed by atoms with E-state index in [1.165, 1.54) is 0 Å². The van der Waals surface area contributed by atoms with Gasteiger partial charge in [0.2, 0.25) is 5.91 Å². The Morgan fingerprint density at radius 1 is 1.23 bits per heavy atom. The number of benzene rings is 1. The summed E-state index contributed by atoms with van der Waals surface area (Å²) >= 11 is 6.67. The third-order valence-corrected chi connectivity index (χ3v) is 8.11. The Kier molecular flexibility index (Phi) is 5.72. The molecule has 35 heavy (non-hydrogen) atoms. The van der Waals surface area contributed by atoms with Crippen molar-refractivity contribution in [3.8, 4) is 0 Å². The van der Waals surface area contributed by atoms with Crippen molar-refractivity contribution in [3.63, 3.8) is 0 Å². The summed E-state index contributed by atoms with van der Waals surface area (Å²) < 4.78 is 11.0. The van der Waals surface area contributed by atoms with Crippen molar-refractivity contribution in [3.05, 3.63) is 53.6 Å². The van der Waals surface area contributed by atoms with Crippen LogP contribution in [0, 0.1) is 5.92 Å². The molecule has 2 N–H and O–H groups in total. The van der Waals surface area contributed by atoms with E-state index < -0.39 is 6.10 Å². The van der Waals surface area contributed by atoms with Gasteiger partial charge in [0.05, 0.1) is 41.8 Å². The topological polar surface area (TPSA) is 91.1 Å². The van der Waals surface area contributed by atoms with E-state index in [1.807, 2.05) is 24.3 Å². The van der Waals surface area contributed by atoms with Crippen molar-refractivity contribution in [2.75, 3.05) is 49.6 Å². The lowest BCUT2D eigenvalue weighted by Gasteiger charge is -2.45. The smallest absolute Gasteiger partial charge is 0.229 e. The standard InChI is InChI=1S/C26H29ClN4O4/c1-26(15-34-14-23(26)32)31-6-4-30(5-7-31)21-10-16-11-24(28-13-17(16)9-20(21)27)29-25(33)19-12-18(19)22-3-2-8-35-22/h2-3,8-11,13,18-19,23,32H,4-7,12,14-15H2,1H3,(H,28,29,33)/t18-,19-,23-,26+/m1/s1. The van der Waals surface area contributed by atoms with Gasteiger partial charge in [-0.3, -0.25) is 9.69 Å². The van der Waals surface area contributed by atoms with Crippen LogP contribution in [0.2, 0.25) is 5.02 Å². The molecule has 0 unspecified atom stereocenters. The number of ether oxygens (including phenoxy) is 1. The highest BCUT2D eigenvalue weighted by Gasteiger charge is 2.46. The molecule has 0 bridgehead atoms. The Bertz CT molecular complexity index is 1240. The molecule has 184 valence electrons. The van der Waals surface area contributed by atoms with Gasteiger partial charge in [-0.1, -0.05) is 11.6 Å². The Morgan fingerprint density at radius 3 is 2.77 bits per heavy atom. The van der Waals surface area contributed by atoms with E-state index in [0.29, 0.717) is 24.1 Å². The molecular weight excluding hydrogens is 468 g/mol. The molecule has 4 heterocycles. The number of hydrogen-bond donors (Lipinski definition) is 2. The minimum atomic E-state index is -0.468.